The average molecular weight is 307 g/mol. The number of hydrazine groups is 1. The van der Waals surface area contributed by atoms with E-state index < -0.39 is 10.8 Å². The molecule has 9 heteroatoms. The summed E-state index contributed by atoms with van der Waals surface area (Å²) in [4.78, 5) is 27.4. The van der Waals surface area contributed by atoms with Crippen LogP contribution in [-0.4, -0.2) is 15.8 Å². The van der Waals surface area contributed by atoms with Crippen molar-refractivity contribution in [3.63, 3.8) is 0 Å². The minimum absolute atomic E-state index is 0.148. The Labute approximate surface area is 124 Å². The van der Waals surface area contributed by atoms with Crippen LogP contribution in [0.25, 0.3) is 0 Å². The summed E-state index contributed by atoms with van der Waals surface area (Å²) in [6, 6.07) is 4.05. The number of anilines is 1. The van der Waals surface area contributed by atoms with E-state index in [0.29, 0.717) is 6.54 Å². The van der Waals surface area contributed by atoms with Crippen LogP contribution in [0.15, 0.2) is 23.7 Å². The molecule has 1 aromatic heterocycles. The Bertz CT molecular complexity index is 685. The minimum atomic E-state index is -0.598. The van der Waals surface area contributed by atoms with Crippen LogP contribution in [0.2, 0.25) is 0 Å². The molecule has 2 aromatic rings. The Morgan fingerprint density at radius 3 is 2.86 bits per heavy atom. The Kier molecular flexibility index (Phi) is 4.45. The van der Waals surface area contributed by atoms with E-state index in [9.17, 15) is 14.9 Å². The number of nitrogens with two attached hydrogens (primary N) is 1. The number of aryl methyl sites for hydroxylation is 1. The second-order valence-electron chi connectivity index (χ2n) is 4.18. The number of amides is 1. The predicted octanol–water partition coefficient (Wildman–Crippen LogP) is 1.58. The van der Waals surface area contributed by atoms with Crippen molar-refractivity contribution in [2.24, 2.45) is 5.84 Å². The minimum Gasteiger partial charge on any atom is -0.347 e. The molecular weight excluding hydrogens is 294 g/mol. The van der Waals surface area contributed by atoms with Crippen LogP contribution in [0.4, 0.5) is 11.4 Å². The summed E-state index contributed by atoms with van der Waals surface area (Å²) in [7, 11) is 0. The van der Waals surface area contributed by atoms with Gasteiger partial charge >= 0.3 is 0 Å². The van der Waals surface area contributed by atoms with Gasteiger partial charge < -0.3 is 10.7 Å². The van der Waals surface area contributed by atoms with Crippen molar-refractivity contribution in [1.29, 1.82) is 0 Å². The average Bonchev–Trinajstić information content (AvgIpc) is 2.89. The van der Waals surface area contributed by atoms with Crippen molar-refractivity contribution in [3.8, 4) is 0 Å². The molecule has 0 aliphatic carbocycles. The second-order valence-corrected chi connectivity index (χ2v) is 5.12. The fraction of sp³-hybridized carbons (Fsp3) is 0.167. The summed E-state index contributed by atoms with van der Waals surface area (Å²) in [6.45, 7) is 2.19. The number of thiazole rings is 1. The van der Waals surface area contributed by atoms with Crippen molar-refractivity contribution in [1.82, 2.24) is 10.3 Å². The number of carbonyl (C=O) groups is 1. The Morgan fingerprint density at radius 2 is 2.29 bits per heavy atom. The van der Waals surface area contributed by atoms with Gasteiger partial charge in [0.25, 0.3) is 11.6 Å². The molecule has 8 nitrogen and oxygen atoms in total. The standard InChI is InChI=1S/C12H13N5O3S/c1-7-11(21-6-15-7)5-14-12(18)8-2-3-9(16-13)10(4-8)17(19)20/h2-4,6,16H,5,13H2,1H3,(H,14,18). The van der Waals surface area contributed by atoms with Crippen molar-refractivity contribution in [2.45, 2.75) is 13.5 Å². The van der Waals surface area contributed by atoms with Crippen molar-refractivity contribution in [3.05, 3.63) is 50.0 Å². The molecule has 4 N–H and O–H groups in total. The second kappa shape index (κ2) is 6.29. The van der Waals surface area contributed by atoms with Gasteiger partial charge in [0.15, 0.2) is 0 Å². The predicted molar refractivity (Wildman–Crippen MR) is 78.9 cm³/mol. The van der Waals surface area contributed by atoms with Gasteiger partial charge in [-0.3, -0.25) is 20.8 Å². The summed E-state index contributed by atoms with van der Waals surface area (Å²) in [6.07, 6.45) is 0. The SMILES string of the molecule is Cc1ncsc1CNC(=O)c1ccc(NN)c([N+](=O)[O-])c1. The molecule has 0 saturated carbocycles. The van der Waals surface area contributed by atoms with Crippen LogP contribution in [0.1, 0.15) is 20.9 Å². The summed E-state index contributed by atoms with van der Waals surface area (Å²) in [5, 5.41) is 13.6. The number of carbonyl (C=O) groups excluding carboxylic acids is 1. The van der Waals surface area contributed by atoms with Crippen LogP contribution in [0, 0.1) is 17.0 Å². The van der Waals surface area contributed by atoms with E-state index >= 15 is 0 Å². The lowest BCUT2D eigenvalue weighted by Gasteiger charge is -2.06. The first-order valence-corrected chi connectivity index (χ1v) is 6.83. The number of rotatable bonds is 5. The van der Waals surface area contributed by atoms with E-state index in [4.69, 9.17) is 5.84 Å². The Balaban J connectivity index is 2.14. The first-order valence-electron chi connectivity index (χ1n) is 5.95. The maximum Gasteiger partial charge on any atom is 0.294 e. The van der Waals surface area contributed by atoms with Crippen LogP contribution < -0.4 is 16.6 Å². The quantitative estimate of drug-likeness (QED) is 0.438. The largest absolute Gasteiger partial charge is 0.347 e. The molecule has 1 aromatic carbocycles. The highest BCUT2D eigenvalue weighted by Gasteiger charge is 2.17. The van der Waals surface area contributed by atoms with E-state index in [0.717, 1.165) is 10.6 Å². The summed E-state index contributed by atoms with van der Waals surface area (Å²) < 4.78 is 0. The molecule has 0 aliphatic heterocycles. The molecule has 0 aliphatic rings. The summed E-state index contributed by atoms with van der Waals surface area (Å²) in [5.74, 6) is 4.80. The topological polar surface area (TPSA) is 123 Å². The van der Waals surface area contributed by atoms with Gasteiger partial charge in [0.2, 0.25) is 0 Å². The van der Waals surface area contributed by atoms with E-state index in [2.05, 4.69) is 15.7 Å². The molecule has 0 fully saturated rings. The third-order valence-corrected chi connectivity index (χ3v) is 3.80. The number of nitro benzene ring substituents is 1. The number of benzene rings is 1. The number of nitrogen functional groups attached to an aromatic ring is 1. The van der Waals surface area contributed by atoms with Crippen molar-refractivity contribution < 1.29 is 9.72 Å². The normalized spacial score (nSPS) is 10.2. The smallest absolute Gasteiger partial charge is 0.294 e. The molecule has 110 valence electrons. The summed E-state index contributed by atoms with van der Waals surface area (Å²) >= 11 is 1.44. The lowest BCUT2D eigenvalue weighted by molar-refractivity contribution is -0.384. The number of hydrogen-bond acceptors (Lipinski definition) is 7. The van der Waals surface area contributed by atoms with Crippen LogP contribution in [0.5, 0.6) is 0 Å². The molecule has 1 heterocycles. The molecule has 1 amide bonds. The molecule has 0 atom stereocenters. The lowest BCUT2D eigenvalue weighted by atomic mass is 10.1. The number of aromatic nitrogens is 1. The molecule has 0 unspecified atom stereocenters. The van der Waals surface area contributed by atoms with Gasteiger partial charge in [-0.15, -0.1) is 11.3 Å². The first kappa shape index (κ1) is 14.9. The number of nitro groups is 1. The van der Waals surface area contributed by atoms with Crippen LogP contribution in [-0.2, 0) is 6.54 Å². The zero-order chi connectivity index (χ0) is 15.4. The monoisotopic (exact) mass is 307 g/mol. The van der Waals surface area contributed by atoms with Gasteiger partial charge in [-0.2, -0.15) is 0 Å². The fourth-order valence-corrected chi connectivity index (χ4v) is 2.42. The highest BCUT2D eigenvalue weighted by Crippen LogP contribution is 2.24. The number of nitrogens with one attached hydrogen (secondary N) is 2. The zero-order valence-electron chi connectivity index (χ0n) is 11.1. The van der Waals surface area contributed by atoms with E-state index in [1.54, 1.807) is 5.51 Å². The van der Waals surface area contributed by atoms with E-state index in [-0.39, 0.29) is 16.9 Å². The lowest BCUT2D eigenvalue weighted by Crippen LogP contribution is -2.23. The van der Waals surface area contributed by atoms with Crippen LogP contribution in [0.3, 0.4) is 0 Å². The molecule has 0 spiro atoms. The molecule has 0 bridgehead atoms. The molecular formula is C12H13N5O3S. The highest BCUT2D eigenvalue weighted by molar-refractivity contribution is 7.09. The van der Waals surface area contributed by atoms with Gasteiger partial charge in [-0.25, -0.2) is 4.98 Å². The Hall–Kier alpha value is -2.52. The Morgan fingerprint density at radius 1 is 1.52 bits per heavy atom. The molecule has 2 rings (SSSR count). The highest BCUT2D eigenvalue weighted by atomic mass is 32.1. The molecule has 0 saturated heterocycles. The third kappa shape index (κ3) is 3.33. The maximum absolute atomic E-state index is 12.0. The molecule has 0 radical (unpaired) electrons. The number of nitrogens with zero attached hydrogens (tertiary/aromatic N) is 2. The van der Waals surface area contributed by atoms with Gasteiger partial charge in [0.05, 0.1) is 22.7 Å². The van der Waals surface area contributed by atoms with Gasteiger partial charge in [-0.1, -0.05) is 0 Å². The van der Waals surface area contributed by atoms with Gasteiger partial charge in [-0.05, 0) is 19.1 Å². The first-order chi connectivity index (χ1) is 10.0. The van der Waals surface area contributed by atoms with Gasteiger partial charge in [0.1, 0.15) is 5.69 Å². The third-order valence-electron chi connectivity index (χ3n) is 2.87. The van der Waals surface area contributed by atoms with E-state index in [1.807, 2.05) is 6.92 Å². The van der Waals surface area contributed by atoms with E-state index in [1.165, 1.54) is 29.5 Å². The van der Waals surface area contributed by atoms with Crippen LogP contribution >= 0.6 is 11.3 Å². The number of hydrogen-bond donors (Lipinski definition) is 3. The maximum atomic E-state index is 12.0. The summed E-state index contributed by atoms with van der Waals surface area (Å²) in [5.41, 5.74) is 4.87. The zero-order valence-corrected chi connectivity index (χ0v) is 11.9. The van der Waals surface area contributed by atoms with Gasteiger partial charge in [0, 0.05) is 16.5 Å². The fourth-order valence-electron chi connectivity index (χ4n) is 1.70. The molecule has 21 heavy (non-hydrogen) atoms. The van der Waals surface area contributed by atoms with Crippen molar-refractivity contribution >= 4 is 28.6 Å². The van der Waals surface area contributed by atoms with Crippen molar-refractivity contribution in [2.75, 3.05) is 5.43 Å².